The van der Waals surface area contributed by atoms with Crippen molar-refractivity contribution in [3.63, 3.8) is 0 Å². The lowest BCUT2D eigenvalue weighted by Crippen LogP contribution is -2.06. The summed E-state index contributed by atoms with van der Waals surface area (Å²) < 4.78 is 13.5. The fraction of sp³-hybridized carbons (Fsp3) is 0. The van der Waals surface area contributed by atoms with Crippen LogP contribution in [0.25, 0.3) is 139 Å². The normalized spacial score (nSPS) is 12.0. The van der Waals surface area contributed by atoms with Crippen molar-refractivity contribution in [3.8, 4) is 51.2 Å². The minimum Gasteiger partial charge on any atom is -0.456 e. The molecule has 7 nitrogen and oxygen atoms in total. The van der Waals surface area contributed by atoms with E-state index in [1.807, 2.05) is 12.1 Å². The summed E-state index contributed by atoms with van der Waals surface area (Å²) in [6.45, 7) is 0. The van der Waals surface area contributed by atoms with Crippen molar-refractivity contribution in [1.29, 1.82) is 0 Å². The Balaban J connectivity index is 0.913. The highest BCUT2D eigenvalue weighted by atomic mass is 16.3. The van der Waals surface area contributed by atoms with E-state index in [1.54, 1.807) is 0 Å². The van der Waals surface area contributed by atoms with E-state index in [-0.39, 0.29) is 0 Å². The van der Waals surface area contributed by atoms with Crippen molar-refractivity contribution < 1.29 is 4.42 Å². The van der Waals surface area contributed by atoms with Crippen LogP contribution in [0.1, 0.15) is 0 Å². The SMILES string of the molecule is c1ccc(-c2cccc3oc4cc(-c5nc(-c6ccc(-n7c8ccccc8c8c9c%10ccccc%10n(-c%10ccccc%10)c9ccc87)cc6)nc(-n6c7ccccc7c7ccccc76)n5)ccc4c23)cc1. The molecule has 0 saturated carbocycles. The van der Waals surface area contributed by atoms with E-state index < -0.39 is 0 Å². The third-order valence-corrected chi connectivity index (χ3v) is 14.1. The number of benzene rings is 10. The highest BCUT2D eigenvalue weighted by Crippen LogP contribution is 2.43. The van der Waals surface area contributed by atoms with E-state index in [9.17, 15) is 0 Å². The summed E-state index contributed by atoms with van der Waals surface area (Å²) in [5.41, 5.74) is 14.5. The molecule has 0 aliphatic rings. The smallest absolute Gasteiger partial charge is 0.238 e. The number of furan rings is 1. The second kappa shape index (κ2) is 15.0. The topological polar surface area (TPSA) is 66.6 Å². The molecule has 5 heterocycles. The van der Waals surface area contributed by atoms with Crippen LogP contribution in [0.15, 0.2) is 235 Å². The van der Waals surface area contributed by atoms with Crippen LogP contribution in [0.4, 0.5) is 0 Å². The number of hydrogen-bond donors (Lipinski definition) is 0. The molecule has 10 aromatic carbocycles. The molecule has 7 heteroatoms. The van der Waals surface area contributed by atoms with Crippen LogP contribution in [0.2, 0.25) is 0 Å². The van der Waals surface area contributed by atoms with E-state index in [2.05, 4.69) is 232 Å². The molecule has 0 unspecified atom stereocenters. The van der Waals surface area contributed by atoms with Crippen molar-refractivity contribution in [2.75, 3.05) is 0 Å². The van der Waals surface area contributed by atoms with Crippen LogP contribution < -0.4 is 0 Å². The van der Waals surface area contributed by atoms with Crippen LogP contribution in [0, 0.1) is 0 Å². The lowest BCUT2D eigenvalue weighted by molar-refractivity contribution is 0.669. The van der Waals surface area contributed by atoms with Gasteiger partial charge in [0.15, 0.2) is 11.6 Å². The Morgan fingerprint density at radius 3 is 1.40 bits per heavy atom. The molecular formula is C63H38N6O. The summed E-state index contributed by atoms with van der Waals surface area (Å²) in [4.78, 5) is 15.9. The molecule has 70 heavy (non-hydrogen) atoms. The predicted molar refractivity (Wildman–Crippen MR) is 286 cm³/mol. The standard InChI is InChI=1S/C63H38N6O/c1-3-16-39(17-4-1)44-24-15-29-56-58(44)49-35-32-41(38-57(49)70-56)62-64-61(65-63(66-62)69-50-25-11-7-20-45(50)46-21-8-12-26-51(46)69)40-30-33-43(34-31-40)68-53-28-14-10-23-48(53)60-55(68)37-36-54-59(60)47-22-9-13-27-52(47)67(54)42-18-5-2-6-19-42/h1-38H. The summed E-state index contributed by atoms with van der Waals surface area (Å²) in [6.07, 6.45) is 0. The second-order valence-electron chi connectivity index (χ2n) is 18.0. The minimum atomic E-state index is 0.540. The Morgan fingerprint density at radius 2 is 0.786 bits per heavy atom. The average molecular weight is 895 g/mol. The van der Waals surface area contributed by atoms with Gasteiger partial charge in [0.05, 0.1) is 33.1 Å². The molecule has 0 spiro atoms. The van der Waals surface area contributed by atoms with Gasteiger partial charge in [-0.05, 0) is 102 Å². The Kier molecular flexibility index (Phi) is 8.23. The third kappa shape index (κ3) is 5.66. The van der Waals surface area contributed by atoms with E-state index in [1.165, 1.54) is 32.6 Å². The number of rotatable bonds is 6. The summed E-state index contributed by atoms with van der Waals surface area (Å²) >= 11 is 0. The zero-order valence-electron chi connectivity index (χ0n) is 37.5. The third-order valence-electron chi connectivity index (χ3n) is 14.1. The van der Waals surface area contributed by atoms with Gasteiger partial charge in [-0.1, -0.05) is 140 Å². The second-order valence-corrected chi connectivity index (χ2v) is 18.0. The fourth-order valence-electron chi connectivity index (χ4n) is 11.1. The first-order chi connectivity index (χ1) is 34.7. The molecule has 15 rings (SSSR count). The van der Waals surface area contributed by atoms with Gasteiger partial charge in [0.2, 0.25) is 5.95 Å². The maximum absolute atomic E-state index is 6.61. The van der Waals surface area contributed by atoms with Gasteiger partial charge in [-0.25, -0.2) is 4.98 Å². The van der Waals surface area contributed by atoms with Gasteiger partial charge in [0, 0.05) is 65.6 Å². The Labute approximate surface area is 400 Å². The van der Waals surface area contributed by atoms with Crippen molar-refractivity contribution in [1.82, 2.24) is 28.7 Å². The van der Waals surface area contributed by atoms with Crippen LogP contribution in [-0.2, 0) is 0 Å². The van der Waals surface area contributed by atoms with Gasteiger partial charge >= 0.3 is 0 Å². The molecule has 326 valence electrons. The maximum Gasteiger partial charge on any atom is 0.238 e. The fourth-order valence-corrected chi connectivity index (χ4v) is 11.1. The van der Waals surface area contributed by atoms with E-state index in [0.29, 0.717) is 17.6 Å². The molecule has 0 fully saturated rings. The van der Waals surface area contributed by atoms with Crippen molar-refractivity contribution in [2.24, 2.45) is 0 Å². The summed E-state index contributed by atoms with van der Waals surface area (Å²) in [6, 6.07) is 81.3. The number of hydrogen-bond acceptors (Lipinski definition) is 4. The molecule has 0 radical (unpaired) electrons. The van der Waals surface area contributed by atoms with E-state index >= 15 is 0 Å². The monoisotopic (exact) mass is 894 g/mol. The van der Waals surface area contributed by atoms with Gasteiger partial charge in [-0.3, -0.25) is 4.57 Å². The van der Waals surface area contributed by atoms with Crippen molar-refractivity contribution >= 4 is 87.4 Å². The molecule has 15 aromatic rings. The van der Waals surface area contributed by atoms with Crippen LogP contribution in [-0.4, -0.2) is 28.7 Å². The largest absolute Gasteiger partial charge is 0.456 e. The Hall–Kier alpha value is -9.59. The van der Waals surface area contributed by atoms with Gasteiger partial charge < -0.3 is 13.6 Å². The average Bonchev–Trinajstić information content (AvgIpc) is 4.18. The van der Waals surface area contributed by atoms with E-state index in [4.69, 9.17) is 19.4 Å². The molecule has 0 bridgehead atoms. The first kappa shape index (κ1) is 38.5. The van der Waals surface area contributed by atoms with Crippen LogP contribution >= 0.6 is 0 Å². The molecule has 0 N–H and O–H groups in total. The first-order valence-electron chi connectivity index (χ1n) is 23.6. The Bertz CT molecular complexity index is 4530. The van der Waals surface area contributed by atoms with Gasteiger partial charge in [-0.15, -0.1) is 0 Å². The van der Waals surface area contributed by atoms with Gasteiger partial charge in [0.1, 0.15) is 11.2 Å². The molecule has 0 saturated heterocycles. The van der Waals surface area contributed by atoms with Gasteiger partial charge in [0.25, 0.3) is 0 Å². The maximum atomic E-state index is 6.61. The van der Waals surface area contributed by atoms with Crippen LogP contribution in [0.3, 0.4) is 0 Å². The molecular weight excluding hydrogens is 857 g/mol. The number of para-hydroxylation sites is 5. The summed E-state index contributed by atoms with van der Waals surface area (Å²) in [5, 5.41) is 9.32. The van der Waals surface area contributed by atoms with Crippen LogP contribution in [0.5, 0.6) is 0 Å². The number of fused-ring (bicyclic) bond motifs is 13. The number of aromatic nitrogens is 6. The molecule has 0 aliphatic heterocycles. The highest BCUT2D eigenvalue weighted by molar-refractivity contribution is 6.29. The zero-order chi connectivity index (χ0) is 45.9. The predicted octanol–water partition coefficient (Wildman–Crippen LogP) is 16.1. The summed E-state index contributed by atoms with van der Waals surface area (Å²) in [5.74, 6) is 1.67. The first-order valence-corrected chi connectivity index (χ1v) is 23.6. The van der Waals surface area contributed by atoms with Crippen molar-refractivity contribution in [2.45, 2.75) is 0 Å². The molecule has 0 aliphatic carbocycles. The lowest BCUT2D eigenvalue weighted by atomic mass is 9.99. The lowest BCUT2D eigenvalue weighted by Gasteiger charge is -2.12. The molecule has 0 amide bonds. The zero-order valence-corrected chi connectivity index (χ0v) is 37.5. The highest BCUT2D eigenvalue weighted by Gasteiger charge is 2.22. The van der Waals surface area contributed by atoms with Crippen molar-refractivity contribution in [3.05, 3.63) is 231 Å². The van der Waals surface area contributed by atoms with Gasteiger partial charge in [-0.2, -0.15) is 9.97 Å². The molecule has 5 aromatic heterocycles. The summed E-state index contributed by atoms with van der Waals surface area (Å²) in [7, 11) is 0. The Morgan fingerprint density at radius 1 is 0.286 bits per heavy atom. The molecule has 0 atom stereocenters. The number of nitrogens with zero attached hydrogens (tertiary/aromatic N) is 6. The quantitative estimate of drug-likeness (QED) is 0.167. The minimum absolute atomic E-state index is 0.540. The van der Waals surface area contributed by atoms with E-state index in [0.717, 1.165) is 88.4 Å².